The van der Waals surface area contributed by atoms with E-state index in [1.54, 1.807) is 24.3 Å². The van der Waals surface area contributed by atoms with Crippen LogP contribution in [0.1, 0.15) is 12.5 Å². The molecule has 29 heavy (non-hydrogen) atoms. The Morgan fingerprint density at radius 2 is 1.76 bits per heavy atom. The Morgan fingerprint density at radius 1 is 1.07 bits per heavy atom. The summed E-state index contributed by atoms with van der Waals surface area (Å²) < 4.78 is 39.4. The number of halogens is 3. The van der Waals surface area contributed by atoms with E-state index in [-0.39, 0.29) is 17.2 Å². The zero-order valence-corrected chi connectivity index (χ0v) is 16.4. The summed E-state index contributed by atoms with van der Waals surface area (Å²) in [6.07, 6.45) is -5.21. The molecule has 1 aromatic heterocycles. The number of benzene rings is 2. The quantitative estimate of drug-likeness (QED) is 0.558. The molecule has 0 saturated carbocycles. The highest BCUT2D eigenvalue weighted by Gasteiger charge is 2.27. The third-order valence-corrected chi connectivity index (χ3v) is 5.01. The lowest BCUT2D eigenvalue weighted by atomic mass is 10.1. The number of alkyl halides is 3. The molecule has 2 aromatic carbocycles. The summed E-state index contributed by atoms with van der Waals surface area (Å²) in [5.41, 5.74) is 1.58. The van der Waals surface area contributed by atoms with Gasteiger partial charge in [-0.2, -0.15) is 13.2 Å². The fourth-order valence-electron chi connectivity index (χ4n) is 2.75. The molecule has 1 N–H and O–H groups in total. The van der Waals surface area contributed by atoms with Gasteiger partial charge in [0.15, 0.2) is 11.0 Å². The molecule has 0 spiro atoms. The van der Waals surface area contributed by atoms with Crippen LogP contribution >= 0.6 is 11.8 Å². The summed E-state index contributed by atoms with van der Waals surface area (Å²) in [5, 5.41) is 11.7. The zero-order valence-electron chi connectivity index (χ0n) is 15.6. The van der Waals surface area contributed by atoms with Gasteiger partial charge in [-0.1, -0.05) is 54.2 Å². The molecule has 1 heterocycles. The van der Waals surface area contributed by atoms with Crippen molar-refractivity contribution < 1.29 is 18.0 Å². The number of anilines is 1. The van der Waals surface area contributed by atoms with Crippen molar-refractivity contribution in [2.24, 2.45) is 0 Å². The van der Waals surface area contributed by atoms with Crippen molar-refractivity contribution in [1.82, 2.24) is 14.8 Å². The second-order valence-corrected chi connectivity index (χ2v) is 7.18. The number of amides is 1. The van der Waals surface area contributed by atoms with Gasteiger partial charge in [-0.15, -0.1) is 10.2 Å². The molecule has 0 unspecified atom stereocenters. The average Bonchev–Trinajstić information content (AvgIpc) is 3.09. The van der Waals surface area contributed by atoms with Crippen molar-refractivity contribution in [3.05, 3.63) is 60.2 Å². The van der Waals surface area contributed by atoms with Crippen LogP contribution in [-0.4, -0.2) is 32.6 Å². The fraction of sp³-hybridized carbons (Fsp3) is 0.250. The lowest BCUT2D eigenvalue weighted by molar-refractivity contribution is -0.127. The first-order valence-corrected chi connectivity index (χ1v) is 9.91. The lowest BCUT2D eigenvalue weighted by Gasteiger charge is -2.09. The summed E-state index contributed by atoms with van der Waals surface area (Å²) in [6, 6.07) is 15.2. The van der Waals surface area contributed by atoms with Gasteiger partial charge in [0.05, 0.1) is 12.2 Å². The maximum Gasteiger partial charge on any atom is 0.393 e. The number of hydrogen-bond acceptors (Lipinski definition) is 4. The van der Waals surface area contributed by atoms with Gasteiger partial charge in [0, 0.05) is 17.8 Å². The summed E-state index contributed by atoms with van der Waals surface area (Å²) in [6.45, 7) is 2.48. The molecule has 0 atom stereocenters. The molecule has 0 aliphatic carbocycles. The Morgan fingerprint density at radius 3 is 2.38 bits per heavy atom. The normalized spacial score (nSPS) is 11.4. The Bertz CT molecular complexity index is 956. The van der Waals surface area contributed by atoms with Crippen LogP contribution < -0.4 is 5.32 Å². The topological polar surface area (TPSA) is 59.8 Å². The summed E-state index contributed by atoms with van der Waals surface area (Å²) >= 11 is 1.25. The average molecular weight is 420 g/mol. The van der Waals surface area contributed by atoms with Gasteiger partial charge in [0.2, 0.25) is 5.91 Å². The number of para-hydroxylation sites is 1. The van der Waals surface area contributed by atoms with Crippen molar-refractivity contribution in [2.75, 3.05) is 11.1 Å². The van der Waals surface area contributed by atoms with Gasteiger partial charge in [0.1, 0.15) is 0 Å². The minimum atomic E-state index is -4.24. The van der Waals surface area contributed by atoms with Crippen LogP contribution in [0.5, 0.6) is 0 Å². The molecule has 0 radical (unpaired) electrons. The van der Waals surface area contributed by atoms with E-state index in [4.69, 9.17) is 0 Å². The molecule has 3 aromatic rings. The number of carbonyl (C=O) groups is 1. The van der Waals surface area contributed by atoms with Gasteiger partial charge in [0.25, 0.3) is 0 Å². The van der Waals surface area contributed by atoms with E-state index in [1.165, 1.54) is 23.9 Å². The van der Waals surface area contributed by atoms with E-state index >= 15 is 0 Å². The molecule has 0 bridgehead atoms. The standard InChI is InChI=1S/C20H19F3N4OS/c1-2-27-18(15-10-8-14(9-11-15)12-20(21,22)23)25-26-19(27)29-13-17(28)24-16-6-4-3-5-7-16/h3-11H,2,12-13H2,1H3,(H,24,28). The fourth-order valence-corrected chi connectivity index (χ4v) is 3.55. The molecule has 9 heteroatoms. The minimum Gasteiger partial charge on any atom is -0.325 e. The van der Waals surface area contributed by atoms with E-state index in [1.807, 2.05) is 29.7 Å². The van der Waals surface area contributed by atoms with Crippen LogP contribution in [-0.2, 0) is 17.8 Å². The smallest absolute Gasteiger partial charge is 0.325 e. The number of nitrogens with zero attached hydrogens (tertiary/aromatic N) is 3. The van der Waals surface area contributed by atoms with Crippen LogP contribution in [0.2, 0.25) is 0 Å². The molecule has 0 saturated heterocycles. The number of hydrogen-bond donors (Lipinski definition) is 1. The Kier molecular flexibility index (Phi) is 6.58. The van der Waals surface area contributed by atoms with E-state index in [2.05, 4.69) is 15.5 Å². The number of nitrogens with one attached hydrogen (secondary N) is 1. The molecule has 5 nitrogen and oxygen atoms in total. The second-order valence-electron chi connectivity index (χ2n) is 6.24. The van der Waals surface area contributed by atoms with Crippen LogP contribution in [0.15, 0.2) is 59.8 Å². The summed E-state index contributed by atoms with van der Waals surface area (Å²) in [5.74, 6) is 0.555. The molecule has 0 aliphatic rings. The largest absolute Gasteiger partial charge is 0.393 e. The molecule has 0 fully saturated rings. The molecule has 0 aliphatic heterocycles. The number of rotatable bonds is 7. The van der Waals surface area contributed by atoms with Crippen LogP contribution in [0.4, 0.5) is 18.9 Å². The highest BCUT2D eigenvalue weighted by atomic mass is 32.2. The highest BCUT2D eigenvalue weighted by Crippen LogP contribution is 2.26. The maximum absolute atomic E-state index is 12.5. The lowest BCUT2D eigenvalue weighted by Crippen LogP contribution is -2.14. The molecular formula is C20H19F3N4OS. The molecule has 3 rings (SSSR count). The maximum atomic E-state index is 12.5. The van der Waals surface area contributed by atoms with Crippen LogP contribution in [0.25, 0.3) is 11.4 Å². The molecule has 152 valence electrons. The third-order valence-electron chi connectivity index (χ3n) is 4.04. The first-order valence-electron chi connectivity index (χ1n) is 8.92. The van der Waals surface area contributed by atoms with E-state index in [0.717, 1.165) is 5.69 Å². The van der Waals surface area contributed by atoms with Gasteiger partial charge < -0.3 is 9.88 Å². The van der Waals surface area contributed by atoms with Gasteiger partial charge >= 0.3 is 6.18 Å². The first kappa shape index (κ1) is 20.9. The highest BCUT2D eigenvalue weighted by molar-refractivity contribution is 7.99. The minimum absolute atomic E-state index is 0.162. The number of carbonyl (C=O) groups excluding carboxylic acids is 1. The Balaban J connectivity index is 1.67. The van der Waals surface area contributed by atoms with Crippen molar-refractivity contribution in [3.8, 4) is 11.4 Å². The van der Waals surface area contributed by atoms with Gasteiger partial charge in [-0.3, -0.25) is 4.79 Å². The van der Waals surface area contributed by atoms with Crippen LogP contribution in [0.3, 0.4) is 0 Å². The summed E-state index contributed by atoms with van der Waals surface area (Å²) in [4.78, 5) is 12.1. The first-order chi connectivity index (χ1) is 13.9. The van der Waals surface area contributed by atoms with E-state index < -0.39 is 12.6 Å². The Hall–Kier alpha value is -2.81. The van der Waals surface area contributed by atoms with E-state index in [9.17, 15) is 18.0 Å². The number of aromatic nitrogens is 3. The van der Waals surface area contributed by atoms with Crippen molar-refractivity contribution in [1.29, 1.82) is 0 Å². The SMILES string of the molecule is CCn1c(SCC(=O)Nc2ccccc2)nnc1-c1ccc(CC(F)(F)F)cc1. The molecular weight excluding hydrogens is 401 g/mol. The van der Waals surface area contributed by atoms with Gasteiger partial charge in [-0.25, -0.2) is 0 Å². The van der Waals surface area contributed by atoms with Crippen LogP contribution in [0, 0.1) is 0 Å². The predicted octanol–water partition coefficient (Wildman–Crippen LogP) is 4.80. The van der Waals surface area contributed by atoms with Crippen molar-refractivity contribution in [3.63, 3.8) is 0 Å². The second kappa shape index (κ2) is 9.13. The zero-order chi connectivity index (χ0) is 20.9. The number of thioether (sulfide) groups is 1. The van der Waals surface area contributed by atoms with Gasteiger partial charge in [-0.05, 0) is 24.6 Å². The van der Waals surface area contributed by atoms with Crippen molar-refractivity contribution in [2.45, 2.75) is 31.2 Å². The predicted molar refractivity (Wildman–Crippen MR) is 107 cm³/mol. The molecule has 1 amide bonds. The monoisotopic (exact) mass is 420 g/mol. The Labute approximate surface area is 170 Å². The van der Waals surface area contributed by atoms with E-state index in [0.29, 0.717) is 23.1 Å². The summed E-state index contributed by atoms with van der Waals surface area (Å²) in [7, 11) is 0. The third kappa shape index (κ3) is 5.83. The van der Waals surface area contributed by atoms with Crippen molar-refractivity contribution >= 4 is 23.4 Å².